The van der Waals surface area contributed by atoms with Gasteiger partial charge in [0.2, 0.25) is 0 Å². The maximum absolute atomic E-state index is 9.38. The van der Waals surface area contributed by atoms with Crippen LogP contribution in [0.1, 0.15) is 46.0 Å². The van der Waals surface area contributed by atoms with Gasteiger partial charge in [-0.05, 0) is 31.1 Å². The second kappa shape index (κ2) is 4.10. The Morgan fingerprint density at radius 1 is 1.36 bits per heavy atom. The third kappa shape index (κ3) is 3.24. The van der Waals surface area contributed by atoms with Crippen LogP contribution in [-0.2, 0) is 0 Å². The number of rotatable bonds is 2. The number of hydrogen-bond donors (Lipinski definition) is 1. The molecule has 11 heavy (non-hydrogen) atoms. The van der Waals surface area contributed by atoms with Crippen LogP contribution >= 0.6 is 0 Å². The first-order valence-electron chi connectivity index (χ1n) is 4.65. The predicted molar refractivity (Wildman–Crippen MR) is 47.2 cm³/mol. The lowest BCUT2D eigenvalue weighted by molar-refractivity contribution is 0.0996. The van der Waals surface area contributed by atoms with E-state index in [4.69, 9.17) is 0 Å². The molecule has 2 atom stereocenters. The molecule has 1 fully saturated rings. The van der Waals surface area contributed by atoms with E-state index in [1.54, 1.807) is 0 Å². The molecule has 0 aliphatic heterocycles. The van der Waals surface area contributed by atoms with Crippen molar-refractivity contribution < 1.29 is 5.11 Å². The van der Waals surface area contributed by atoms with Crippen LogP contribution in [0.3, 0.4) is 0 Å². The molecule has 0 aromatic rings. The highest BCUT2D eigenvalue weighted by molar-refractivity contribution is 4.84. The van der Waals surface area contributed by atoms with E-state index in [-0.39, 0.29) is 6.10 Å². The summed E-state index contributed by atoms with van der Waals surface area (Å²) in [5, 5.41) is 9.38. The van der Waals surface area contributed by atoms with Crippen LogP contribution in [0.4, 0.5) is 0 Å². The first-order valence-corrected chi connectivity index (χ1v) is 4.65. The van der Waals surface area contributed by atoms with E-state index < -0.39 is 0 Å². The van der Waals surface area contributed by atoms with Crippen molar-refractivity contribution in [3.05, 3.63) is 5.92 Å². The standard InChI is InChI=1S/C10H19O/c1-8(2)6-9-4-3-5-10(11)7-9/h9-11H,3-7H2,1-2H3. The molecular weight excluding hydrogens is 136 g/mol. The van der Waals surface area contributed by atoms with Crippen LogP contribution in [0.2, 0.25) is 0 Å². The summed E-state index contributed by atoms with van der Waals surface area (Å²) in [6, 6.07) is 0. The summed E-state index contributed by atoms with van der Waals surface area (Å²) in [5.41, 5.74) is 0. The second-order valence-electron chi connectivity index (χ2n) is 4.10. The van der Waals surface area contributed by atoms with Gasteiger partial charge in [-0.3, -0.25) is 0 Å². The Hall–Kier alpha value is -0.0400. The quantitative estimate of drug-likeness (QED) is 0.649. The molecule has 0 aromatic heterocycles. The molecule has 2 unspecified atom stereocenters. The summed E-state index contributed by atoms with van der Waals surface area (Å²) in [6.45, 7) is 4.36. The van der Waals surface area contributed by atoms with Crippen molar-refractivity contribution >= 4 is 0 Å². The lowest BCUT2D eigenvalue weighted by Crippen LogP contribution is -2.20. The smallest absolute Gasteiger partial charge is 0.0542 e. The van der Waals surface area contributed by atoms with Crippen LogP contribution in [0.15, 0.2) is 0 Å². The van der Waals surface area contributed by atoms with Gasteiger partial charge in [-0.25, -0.2) is 0 Å². The number of aliphatic hydroxyl groups excluding tert-OH is 1. The summed E-state index contributed by atoms with van der Waals surface area (Å²) < 4.78 is 0. The van der Waals surface area contributed by atoms with Crippen molar-refractivity contribution in [1.29, 1.82) is 0 Å². The van der Waals surface area contributed by atoms with E-state index in [1.165, 1.54) is 25.2 Å². The van der Waals surface area contributed by atoms with Crippen molar-refractivity contribution in [1.82, 2.24) is 0 Å². The van der Waals surface area contributed by atoms with Gasteiger partial charge in [0.1, 0.15) is 0 Å². The highest BCUT2D eigenvalue weighted by Gasteiger charge is 2.20. The second-order valence-corrected chi connectivity index (χ2v) is 4.10. The SMILES string of the molecule is C[C](C)CC1CCCC(O)C1. The maximum atomic E-state index is 9.38. The molecule has 1 rings (SSSR count). The van der Waals surface area contributed by atoms with Crippen molar-refractivity contribution in [2.24, 2.45) is 5.92 Å². The average Bonchev–Trinajstić information content (AvgIpc) is 1.85. The van der Waals surface area contributed by atoms with E-state index in [0.717, 1.165) is 18.8 Å². The van der Waals surface area contributed by atoms with Gasteiger partial charge in [0.25, 0.3) is 0 Å². The minimum atomic E-state index is -0.00639. The zero-order valence-corrected chi connectivity index (χ0v) is 7.64. The van der Waals surface area contributed by atoms with Gasteiger partial charge < -0.3 is 5.11 Å². The highest BCUT2D eigenvalue weighted by Crippen LogP contribution is 2.29. The molecule has 1 radical (unpaired) electrons. The Kier molecular flexibility index (Phi) is 3.38. The van der Waals surface area contributed by atoms with Crippen LogP contribution in [0.5, 0.6) is 0 Å². The zero-order valence-electron chi connectivity index (χ0n) is 7.64. The third-order valence-corrected chi connectivity index (χ3v) is 2.45. The van der Waals surface area contributed by atoms with Gasteiger partial charge in [-0.15, -0.1) is 0 Å². The Labute approximate surface area is 69.8 Å². The molecule has 0 bridgehead atoms. The van der Waals surface area contributed by atoms with Crippen LogP contribution in [0.25, 0.3) is 0 Å². The largest absolute Gasteiger partial charge is 0.393 e. The van der Waals surface area contributed by atoms with Crippen molar-refractivity contribution in [2.45, 2.75) is 52.1 Å². The van der Waals surface area contributed by atoms with Crippen molar-refractivity contribution in [2.75, 3.05) is 0 Å². The zero-order chi connectivity index (χ0) is 8.27. The summed E-state index contributed by atoms with van der Waals surface area (Å²) >= 11 is 0. The van der Waals surface area contributed by atoms with Crippen molar-refractivity contribution in [3.63, 3.8) is 0 Å². The van der Waals surface area contributed by atoms with Gasteiger partial charge in [0, 0.05) is 0 Å². The monoisotopic (exact) mass is 155 g/mol. The highest BCUT2D eigenvalue weighted by atomic mass is 16.3. The van der Waals surface area contributed by atoms with Crippen LogP contribution in [-0.4, -0.2) is 11.2 Å². The van der Waals surface area contributed by atoms with Gasteiger partial charge in [-0.2, -0.15) is 0 Å². The fourth-order valence-corrected chi connectivity index (χ4v) is 2.03. The van der Waals surface area contributed by atoms with E-state index in [1.807, 2.05) is 0 Å². The lowest BCUT2D eigenvalue weighted by atomic mass is 9.82. The lowest BCUT2D eigenvalue weighted by Gasteiger charge is -2.26. The number of hydrogen-bond acceptors (Lipinski definition) is 1. The summed E-state index contributed by atoms with van der Waals surface area (Å²) in [4.78, 5) is 0. The van der Waals surface area contributed by atoms with Gasteiger partial charge in [0.15, 0.2) is 0 Å². The molecule has 65 valence electrons. The van der Waals surface area contributed by atoms with Crippen LogP contribution < -0.4 is 0 Å². The molecule has 0 aromatic carbocycles. The average molecular weight is 155 g/mol. The van der Waals surface area contributed by atoms with E-state index in [9.17, 15) is 5.11 Å². The van der Waals surface area contributed by atoms with Gasteiger partial charge >= 0.3 is 0 Å². The summed E-state index contributed by atoms with van der Waals surface area (Å²) in [6.07, 6.45) is 5.82. The minimum Gasteiger partial charge on any atom is -0.393 e. The van der Waals surface area contributed by atoms with E-state index >= 15 is 0 Å². The Bertz CT molecular complexity index is 107. The summed E-state index contributed by atoms with van der Waals surface area (Å²) in [7, 11) is 0. The minimum absolute atomic E-state index is 0.00639. The molecule has 0 heterocycles. The summed E-state index contributed by atoms with van der Waals surface area (Å²) in [5.74, 6) is 2.27. The van der Waals surface area contributed by atoms with Gasteiger partial charge in [0.05, 0.1) is 6.10 Å². The van der Waals surface area contributed by atoms with Gasteiger partial charge in [-0.1, -0.05) is 26.7 Å². The van der Waals surface area contributed by atoms with Crippen LogP contribution in [0, 0.1) is 11.8 Å². The molecule has 1 aliphatic carbocycles. The molecule has 1 N–H and O–H groups in total. The third-order valence-electron chi connectivity index (χ3n) is 2.45. The number of aliphatic hydroxyl groups is 1. The van der Waals surface area contributed by atoms with E-state index in [2.05, 4.69) is 13.8 Å². The molecule has 1 heteroatoms. The predicted octanol–water partition coefficient (Wildman–Crippen LogP) is 2.54. The Balaban J connectivity index is 2.23. The maximum Gasteiger partial charge on any atom is 0.0542 e. The molecule has 0 spiro atoms. The Morgan fingerprint density at radius 3 is 2.64 bits per heavy atom. The Morgan fingerprint density at radius 2 is 2.09 bits per heavy atom. The molecule has 1 aliphatic rings. The topological polar surface area (TPSA) is 20.2 Å². The molecule has 0 saturated heterocycles. The van der Waals surface area contributed by atoms with Crippen molar-refractivity contribution in [3.8, 4) is 0 Å². The first kappa shape index (κ1) is 9.05. The fourth-order valence-electron chi connectivity index (χ4n) is 2.03. The van der Waals surface area contributed by atoms with E-state index in [0.29, 0.717) is 0 Å². The molecular formula is C10H19O. The first-order chi connectivity index (χ1) is 5.18. The fraction of sp³-hybridized carbons (Fsp3) is 0.900. The normalized spacial score (nSPS) is 32.7. The molecule has 0 amide bonds. The molecule has 1 saturated carbocycles. The molecule has 1 nitrogen and oxygen atoms in total.